The molecular weight excluding hydrogens is 338 g/mol. The number of carbonyl (C=O) groups is 1. The Bertz CT molecular complexity index is 638. The van der Waals surface area contributed by atoms with Gasteiger partial charge in [0.25, 0.3) is 6.43 Å². The molecule has 1 heterocycles. The van der Waals surface area contributed by atoms with Crippen molar-refractivity contribution in [2.24, 2.45) is 0 Å². The van der Waals surface area contributed by atoms with Crippen LogP contribution in [-0.4, -0.2) is 27.9 Å². The Labute approximate surface area is 133 Å². The molecule has 1 unspecified atom stereocenters. The minimum Gasteiger partial charge on any atom is -0.387 e. The standard InChI is InChI=1S/C12H11ClF2N4O2S/c13-7-3-1-6(2-4-7)8(20)5-16-11(21)17-12-19-18-10(22-12)9(14)15/h1-4,8-9,20H,5H2,(H2,16,17,19,21). The maximum Gasteiger partial charge on any atom is 0.321 e. The molecule has 10 heteroatoms. The Hall–Kier alpha value is -1.84. The molecule has 0 radical (unpaired) electrons. The van der Waals surface area contributed by atoms with E-state index in [-0.39, 0.29) is 11.7 Å². The highest BCUT2D eigenvalue weighted by atomic mass is 35.5. The molecular formula is C12H11ClF2N4O2S. The van der Waals surface area contributed by atoms with Crippen LogP contribution in [0.3, 0.4) is 0 Å². The van der Waals surface area contributed by atoms with Gasteiger partial charge in [-0.25, -0.2) is 13.6 Å². The molecule has 0 saturated carbocycles. The number of aliphatic hydroxyl groups excluding tert-OH is 1. The summed E-state index contributed by atoms with van der Waals surface area (Å²) in [5.74, 6) is 0. The van der Waals surface area contributed by atoms with Crippen molar-refractivity contribution in [2.45, 2.75) is 12.5 Å². The average molecular weight is 349 g/mol. The van der Waals surface area contributed by atoms with Gasteiger partial charge in [-0.15, -0.1) is 10.2 Å². The molecule has 0 aliphatic carbocycles. The lowest BCUT2D eigenvalue weighted by atomic mass is 10.1. The maximum atomic E-state index is 12.3. The third kappa shape index (κ3) is 4.58. The number of hydrogen-bond donors (Lipinski definition) is 3. The Morgan fingerprint density at radius 1 is 1.32 bits per heavy atom. The quantitative estimate of drug-likeness (QED) is 0.775. The number of alkyl halides is 2. The minimum absolute atomic E-state index is 0.0474. The van der Waals surface area contributed by atoms with Crippen LogP contribution in [0.25, 0.3) is 0 Å². The van der Waals surface area contributed by atoms with Gasteiger partial charge in [0.05, 0.1) is 6.10 Å². The first-order valence-electron chi connectivity index (χ1n) is 6.05. The number of aromatic nitrogens is 2. The number of carbonyl (C=O) groups excluding carboxylic acids is 1. The van der Waals surface area contributed by atoms with Crippen LogP contribution < -0.4 is 10.6 Å². The summed E-state index contributed by atoms with van der Waals surface area (Å²) in [6, 6.07) is 5.82. The van der Waals surface area contributed by atoms with E-state index in [0.29, 0.717) is 21.9 Å². The van der Waals surface area contributed by atoms with Gasteiger partial charge >= 0.3 is 6.03 Å². The zero-order valence-electron chi connectivity index (χ0n) is 11.0. The molecule has 1 aromatic carbocycles. The van der Waals surface area contributed by atoms with Crippen molar-refractivity contribution in [3.63, 3.8) is 0 Å². The number of urea groups is 1. The van der Waals surface area contributed by atoms with Crippen LogP contribution in [0.4, 0.5) is 18.7 Å². The SMILES string of the molecule is O=C(NCC(O)c1ccc(Cl)cc1)Nc1nnc(C(F)F)s1. The normalized spacial score (nSPS) is 12.2. The lowest BCUT2D eigenvalue weighted by Gasteiger charge is -2.12. The van der Waals surface area contributed by atoms with E-state index in [9.17, 15) is 18.7 Å². The van der Waals surface area contributed by atoms with Crippen LogP contribution in [0, 0.1) is 0 Å². The number of nitrogens with one attached hydrogen (secondary N) is 2. The van der Waals surface area contributed by atoms with E-state index in [0.717, 1.165) is 0 Å². The number of halogens is 3. The number of nitrogens with zero attached hydrogens (tertiary/aromatic N) is 2. The van der Waals surface area contributed by atoms with Crippen molar-refractivity contribution in [2.75, 3.05) is 11.9 Å². The van der Waals surface area contributed by atoms with E-state index in [1.165, 1.54) is 0 Å². The summed E-state index contributed by atoms with van der Waals surface area (Å²) < 4.78 is 24.6. The van der Waals surface area contributed by atoms with Gasteiger partial charge in [0, 0.05) is 11.6 Å². The zero-order valence-corrected chi connectivity index (χ0v) is 12.5. The van der Waals surface area contributed by atoms with Crippen molar-refractivity contribution in [3.05, 3.63) is 39.9 Å². The molecule has 0 aliphatic heterocycles. The number of amides is 2. The Balaban J connectivity index is 1.83. The smallest absolute Gasteiger partial charge is 0.321 e. The Kier molecular flexibility index (Phi) is 5.58. The van der Waals surface area contributed by atoms with Crippen molar-refractivity contribution in [1.29, 1.82) is 0 Å². The molecule has 0 bridgehead atoms. The van der Waals surface area contributed by atoms with Gasteiger partial charge < -0.3 is 10.4 Å². The number of anilines is 1. The van der Waals surface area contributed by atoms with E-state index >= 15 is 0 Å². The number of benzene rings is 1. The second-order valence-corrected chi connectivity index (χ2v) is 5.59. The minimum atomic E-state index is -2.73. The molecule has 2 amide bonds. The number of aliphatic hydroxyl groups is 1. The third-order valence-electron chi connectivity index (χ3n) is 2.56. The number of hydrogen-bond acceptors (Lipinski definition) is 5. The van der Waals surface area contributed by atoms with Gasteiger partial charge in [-0.3, -0.25) is 5.32 Å². The molecule has 1 aromatic heterocycles. The van der Waals surface area contributed by atoms with Crippen molar-refractivity contribution in [3.8, 4) is 0 Å². The van der Waals surface area contributed by atoms with E-state index in [1.807, 2.05) is 0 Å². The van der Waals surface area contributed by atoms with Crippen LogP contribution in [0.15, 0.2) is 24.3 Å². The van der Waals surface area contributed by atoms with Gasteiger partial charge in [-0.2, -0.15) is 0 Å². The Morgan fingerprint density at radius 3 is 2.59 bits per heavy atom. The first-order chi connectivity index (χ1) is 10.5. The van der Waals surface area contributed by atoms with Crippen LogP contribution in [0.2, 0.25) is 5.02 Å². The van der Waals surface area contributed by atoms with Gasteiger partial charge in [0.15, 0.2) is 5.01 Å². The second-order valence-electron chi connectivity index (χ2n) is 4.15. The van der Waals surface area contributed by atoms with Gasteiger partial charge in [-0.1, -0.05) is 35.1 Å². The molecule has 0 spiro atoms. The van der Waals surface area contributed by atoms with Crippen molar-refractivity contribution >= 4 is 34.1 Å². The molecule has 0 aliphatic rings. The summed E-state index contributed by atoms with van der Waals surface area (Å²) in [6.45, 7) is -0.0615. The summed E-state index contributed by atoms with van der Waals surface area (Å²) in [6.07, 6.45) is -3.66. The summed E-state index contributed by atoms with van der Waals surface area (Å²) in [7, 11) is 0. The lowest BCUT2D eigenvalue weighted by Crippen LogP contribution is -2.32. The van der Waals surface area contributed by atoms with E-state index < -0.39 is 23.6 Å². The summed E-state index contributed by atoms with van der Waals surface area (Å²) in [4.78, 5) is 11.6. The molecule has 22 heavy (non-hydrogen) atoms. The van der Waals surface area contributed by atoms with Gasteiger partial charge in [0.1, 0.15) is 0 Å². The fourth-order valence-electron chi connectivity index (χ4n) is 1.51. The topological polar surface area (TPSA) is 87.1 Å². The van der Waals surface area contributed by atoms with Crippen molar-refractivity contribution < 1.29 is 18.7 Å². The van der Waals surface area contributed by atoms with Gasteiger partial charge in [-0.05, 0) is 17.7 Å². The lowest BCUT2D eigenvalue weighted by molar-refractivity contribution is 0.150. The Morgan fingerprint density at radius 2 is 2.00 bits per heavy atom. The molecule has 1 atom stereocenters. The fourth-order valence-corrected chi connectivity index (χ4v) is 2.23. The predicted molar refractivity (Wildman–Crippen MR) is 78.3 cm³/mol. The zero-order chi connectivity index (χ0) is 16.1. The molecule has 0 saturated heterocycles. The first-order valence-corrected chi connectivity index (χ1v) is 7.25. The first kappa shape index (κ1) is 16.5. The van der Waals surface area contributed by atoms with Crippen LogP contribution >= 0.6 is 22.9 Å². The fraction of sp³-hybridized carbons (Fsp3) is 0.250. The number of rotatable bonds is 5. The monoisotopic (exact) mass is 348 g/mol. The third-order valence-corrected chi connectivity index (χ3v) is 3.66. The maximum absolute atomic E-state index is 12.3. The van der Waals surface area contributed by atoms with E-state index in [2.05, 4.69) is 20.8 Å². The highest BCUT2D eigenvalue weighted by Gasteiger charge is 2.16. The molecule has 0 fully saturated rings. The van der Waals surface area contributed by atoms with E-state index in [4.69, 9.17) is 11.6 Å². The molecule has 2 aromatic rings. The van der Waals surface area contributed by atoms with Crippen LogP contribution in [-0.2, 0) is 0 Å². The molecule has 3 N–H and O–H groups in total. The summed E-state index contributed by atoms with van der Waals surface area (Å²) in [5, 5.41) is 21.2. The van der Waals surface area contributed by atoms with E-state index in [1.54, 1.807) is 24.3 Å². The second kappa shape index (κ2) is 7.43. The molecule has 2 rings (SSSR count). The van der Waals surface area contributed by atoms with Crippen LogP contribution in [0.5, 0.6) is 0 Å². The summed E-state index contributed by atoms with van der Waals surface area (Å²) in [5.41, 5.74) is 0.584. The molecule has 6 nitrogen and oxygen atoms in total. The predicted octanol–water partition coefficient (Wildman–Crippen LogP) is 2.98. The molecule has 118 valence electrons. The highest BCUT2D eigenvalue weighted by Crippen LogP contribution is 2.25. The van der Waals surface area contributed by atoms with Crippen molar-refractivity contribution in [1.82, 2.24) is 15.5 Å². The van der Waals surface area contributed by atoms with Crippen LogP contribution in [0.1, 0.15) is 23.1 Å². The highest BCUT2D eigenvalue weighted by molar-refractivity contribution is 7.15. The largest absolute Gasteiger partial charge is 0.387 e. The van der Waals surface area contributed by atoms with Gasteiger partial charge in [0.2, 0.25) is 5.13 Å². The average Bonchev–Trinajstić information content (AvgIpc) is 2.94. The summed E-state index contributed by atoms with van der Waals surface area (Å²) >= 11 is 6.31.